The summed E-state index contributed by atoms with van der Waals surface area (Å²) in [5.41, 5.74) is 0.574. The van der Waals surface area contributed by atoms with Gasteiger partial charge in [-0.3, -0.25) is 4.79 Å². The summed E-state index contributed by atoms with van der Waals surface area (Å²) in [6, 6.07) is 5.13. The highest BCUT2D eigenvalue weighted by Gasteiger charge is 2.22. The molecule has 1 heterocycles. The van der Waals surface area contributed by atoms with Crippen molar-refractivity contribution in [2.75, 3.05) is 13.7 Å². The lowest BCUT2D eigenvalue weighted by Gasteiger charge is -2.15. The van der Waals surface area contributed by atoms with Gasteiger partial charge >= 0.3 is 0 Å². The van der Waals surface area contributed by atoms with Gasteiger partial charge in [0.05, 0.1) is 19.3 Å². The van der Waals surface area contributed by atoms with Crippen LogP contribution in [0.4, 0.5) is 0 Å². The van der Waals surface area contributed by atoms with Gasteiger partial charge in [-0.15, -0.1) is 0 Å². The van der Waals surface area contributed by atoms with Gasteiger partial charge in [0.25, 0.3) is 0 Å². The van der Waals surface area contributed by atoms with Crippen molar-refractivity contribution in [1.29, 1.82) is 0 Å². The number of carbonyl (C=O) groups is 1. The number of methoxy groups -OCH3 is 1. The highest BCUT2D eigenvalue weighted by atomic mass is 16.6. The summed E-state index contributed by atoms with van der Waals surface area (Å²) in [6.45, 7) is 2.58. The molecule has 98 valence electrons. The number of aldehydes is 1. The monoisotopic (exact) mass is 250 g/mol. The molecule has 0 bridgehead atoms. The van der Waals surface area contributed by atoms with Gasteiger partial charge in [0, 0.05) is 5.56 Å². The molecular formula is C14H18O4. The fourth-order valence-electron chi connectivity index (χ4n) is 2.07. The first kappa shape index (κ1) is 12.9. The molecule has 0 aromatic heterocycles. The predicted octanol–water partition coefficient (Wildman–Crippen LogP) is 2.45. The topological polar surface area (TPSA) is 44.8 Å². The van der Waals surface area contributed by atoms with Crippen LogP contribution in [0.25, 0.3) is 0 Å². The third kappa shape index (κ3) is 3.01. The zero-order valence-electron chi connectivity index (χ0n) is 10.7. The largest absolute Gasteiger partial charge is 0.493 e. The van der Waals surface area contributed by atoms with Crippen molar-refractivity contribution in [3.63, 3.8) is 0 Å². The molecule has 1 aromatic rings. The van der Waals surface area contributed by atoms with E-state index in [1.807, 2.05) is 0 Å². The number of benzene rings is 1. The Kier molecular flexibility index (Phi) is 4.20. The molecule has 4 heteroatoms. The normalized spacial score (nSPS) is 22.8. The van der Waals surface area contributed by atoms with Crippen molar-refractivity contribution in [2.45, 2.75) is 32.0 Å². The number of carbonyl (C=O) groups excluding carboxylic acids is 1. The lowest BCUT2D eigenvalue weighted by atomic mass is 10.2. The molecule has 2 rings (SSSR count). The zero-order chi connectivity index (χ0) is 13.0. The summed E-state index contributed by atoms with van der Waals surface area (Å²) in [7, 11) is 1.56. The summed E-state index contributed by atoms with van der Waals surface area (Å²) in [6.07, 6.45) is 3.35. The van der Waals surface area contributed by atoms with Crippen LogP contribution in [-0.4, -0.2) is 32.2 Å². The van der Waals surface area contributed by atoms with E-state index in [1.54, 1.807) is 25.3 Å². The molecule has 1 saturated heterocycles. The molecule has 4 nitrogen and oxygen atoms in total. The molecular weight excluding hydrogens is 232 g/mol. The summed E-state index contributed by atoms with van der Waals surface area (Å²) >= 11 is 0. The standard InChI is InChI=1S/C14H18O4/c1-10-3-5-12(18-10)9-17-13-6-4-11(8-15)7-14(13)16-2/h4,6-8,10,12H,3,5,9H2,1-2H3. The van der Waals surface area contributed by atoms with Gasteiger partial charge in [0.2, 0.25) is 0 Å². The Morgan fingerprint density at radius 2 is 2.22 bits per heavy atom. The van der Waals surface area contributed by atoms with Gasteiger partial charge in [-0.05, 0) is 38.0 Å². The predicted molar refractivity (Wildman–Crippen MR) is 67.4 cm³/mol. The second-order valence-corrected chi connectivity index (χ2v) is 4.49. The first-order valence-electron chi connectivity index (χ1n) is 6.14. The molecule has 0 spiro atoms. The Hall–Kier alpha value is -1.55. The maximum absolute atomic E-state index is 10.7. The van der Waals surface area contributed by atoms with Gasteiger partial charge in [0.1, 0.15) is 12.9 Å². The maximum atomic E-state index is 10.7. The van der Waals surface area contributed by atoms with Crippen LogP contribution in [-0.2, 0) is 4.74 Å². The van der Waals surface area contributed by atoms with E-state index in [0.29, 0.717) is 29.8 Å². The zero-order valence-corrected chi connectivity index (χ0v) is 10.7. The van der Waals surface area contributed by atoms with Gasteiger partial charge < -0.3 is 14.2 Å². The summed E-state index contributed by atoms with van der Waals surface area (Å²) in [5, 5.41) is 0. The highest BCUT2D eigenvalue weighted by Crippen LogP contribution is 2.29. The maximum Gasteiger partial charge on any atom is 0.161 e. The fraction of sp³-hybridized carbons (Fsp3) is 0.500. The van der Waals surface area contributed by atoms with Crippen molar-refractivity contribution in [1.82, 2.24) is 0 Å². The second-order valence-electron chi connectivity index (χ2n) is 4.49. The molecule has 1 aliphatic rings. The Labute approximate surface area is 107 Å². The molecule has 0 radical (unpaired) electrons. The van der Waals surface area contributed by atoms with E-state index in [4.69, 9.17) is 14.2 Å². The van der Waals surface area contributed by atoms with Gasteiger partial charge in [-0.1, -0.05) is 0 Å². The number of ether oxygens (including phenoxy) is 3. The molecule has 1 aromatic carbocycles. The third-order valence-electron chi connectivity index (χ3n) is 3.07. The van der Waals surface area contributed by atoms with E-state index in [2.05, 4.69) is 6.92 Å². The van der Waals surface area contributed by atoms with Crippen LogP contribution >= 0.6 is 0 Å². The van der Waals surface area contributed by atoms with Gasteiger partial charge in [-0.25, -0.2) is 0 Å². The third-order valence-corrected chi connectivity index (χ3v) is 3.07. The van der Waals surface area contributed by atoms with E-state index in [0.717, 1.165) is 19.1 Å². The number of hydrogen-bond donors (Lipinski definition) is 0. The van der Waals surface area contributed by atoms with E-state index in [9.17, 15) is 4.79 Å². The van der Waals surface area contributed by atoms with Gasteiger partial charge in [-0.2, -0.15) is 0 Å². The van der Waals surface area contributed by atoms with Crippen LogP contribution in [0.2, 0.25) is 0 Å². The van der Waals surface area contributed by atoms with Crippen LogP contribution in [0.15, 0.2) is 18.2 Å². The molecule has 0 aliphatic carbocycles. The quantitative estimate of drug-likeness (QED) is 0.753. The van der Waals surface area contributed by atoms with E-state index < -0.39 is 0 Å². The van der Waals surface area contributed by atoms with Crippen LogP contribution in [0.1, 0.15) is 30.1 Å². The van der Waals surface area contributed by atoms with Crippen molar-refractivity contribution in [2.24, 2.45) is 0 Å². The smallest absolute Gasteiger partial charge is 0.161 e. The van der Waals surface area contributed by atoms with E-state index in [1.165, 1.54) is 0 Å². The molecule has 2 atom stereocenters. The molecule has 2 unspecified atom stereocenters. The molecule has 0 N–H and O–H groups in total. The van der Waals surface area contributed by atoms with Crippen LogP contribution in [0, 0.1) is 0 Å². The molecule has 1 aliphatic heterocycles. The molecule has 0 saturated carbocycles. The average molecular weight is 250 g/mol. The first-order valence-corrected chi connectivity index (χ1v) is 6.14. The van der Waals surface area contributed by atoms with Crippen molar-refractivity contribution >= 4 is 6.29 Å². The van der Waals surface area contributed by atoms with E-state index >= 15 is 0 Å². The second kappa shape index (κ2) is 5.87. The van der Waals surface area contributed by atoms with Crippen LogP contribution in [0.5, 0.6) is 11.5 Å². The Balaban J connectivity index is 1.98. The number of hydrogen-bond acceptors (Lipinski definition) is 4. The first-order chi connectivity index (χ1) is 8.72. The lowest BCUT2D eigenvalue weighted by Crippen LogP contribution is -2.18. The van der Waals surface area contributed by atoms with Crippen molar-refractivity contribution in [3.8, 4) is 11.5 Å². The summed E-state index contributed by atoms with van der Waals surface area (Å²) in [5.74, 6) is 1.22. The Morgan fingerprint density at radius 3 is 2.83 bits per heavy atom. The SMILES string of the molecule is COc1cc(C=O)ccc1OCC1CCC(C)O1. The van der Waals surface area contributed by atoms with Crippen LogP contribution < -0.4 is 9.47 Å². The van der Waals surface area contributed by atoms with E-state index in [-0.39, 0.29) is 6.10 Å². The average Bonchev–Trinajstić information content (AvgIpc) is 2.82. The minimum absolute atomic E-state index is 0.149. The molecule has 0 amide bonds. The lowest BCUT2D eigenvalue weighted by molar-refractivity contribution is 0.0259. The summed E-state index contributed by atoms with van der Waals surface area (Å²) < 4.78 is 16.6. The van der Waals surface area contributed by atoms with Crippen molar-refractivity contribution in [3.05, 3.63) is 23.8 Å². The minimum Gasteiger partial charge on any atom is -0.493 e. The Morgan fingerprint density at radius 1 is 1.39 bits per heavy atom. The molecule has 18 heavy (non-hydrogen) atoms. The van der Waals surface area contributed by atoms with Crippen LogP contribution in [0.3, 0.4) is 0 Å². The molecule has 1 fully saturated rings. The Bertz CT molecular complexity index is 416. The van der Waals surface area contributed by atoms with Gasteiger partial charge in [0.15, 0.2) is 11.5 Å². The summed E-state index contributed by atoms with van der Waals surface area (Å²) in [4.78, 5) is 10.7. The minimum atomic E-state index is 0.149. The van der Waals surface area contributed by atoms with Crippen molar-refractivity contribution < 1.29 is 19.0 Å². The number of rotatable bonds is 5. The highest BCUT2D eigenvalue weighted by molar-refractivity contribution is 5.76. The fourth-order valence-corrected chi connectivity index (χ4v) is 2.07.